The Morgan fingerprint density at radius 1 is 1.28 bits per heavy atom. The molecule has 1 nitrogen and oxygen atoms in total. The van der Waals surface area contributed by atoms with Crippen LogP contribution in [-0.2, 0) is 0 Å². The lowest BCUT2D eigenvalue weighted by atomic mass is 9.63. The molecule has 18 heavy (non-hydrogen) atoms. The van der Waals surface area contributed by atoms with Crippen molar-refractivity contribution >= 4 is 6.21 Å². The molecule has 0 unspecified atom stereocenters. The molecule has 1 heteroatoms. The molecule has 0 heterocycles. The Hall–Kier alpha value is -0.330. The molecule has 104 valence electrons. The zero-order valence-electron chi connectivity index (χ0n) is 13.2. The van der Waals surface area contributed by atoms with Gasteiger partial charge in [-0.1, -0.05) is 20.8 Å². The van der Waals surface area contributed by atoms with Crippen LogP contribution in [0.15, 0.2) is 4.99 Å². The van der Waals surface area contributed by atoms with Crippen LogP contribution in [-0.4, -0.2) is 11.8 Å². The summed E-state index contributed by atoms with van der Waals surface area (Å²) < 4.78 is 0. The van der Waals surface area contributed by atoms with Crippen LogP contribution < -0.4 is 0 Å². The third-order valence-corrected chi connectivity index (χ3v) is 5.48. The predicted octanol–water partition coefficient (Wildman–Crippen LogP) is 4.95. The Kier molecular flexibility index (Phi) is 3.64. The molecule has 0 spiro atoms. The smallest absolute Gasteiger partial charge is 0.0520 e. The van der Waals surface area contributed by atoms with Gasteiger partial charge in [0.15, 0.2) is 0 Å². The Morgan fingerprint density at radius 2 is 1.94 bits per heavy atom. The second-order valence-electron chi connectivity index (χ2n) is 8.14. The number of hydrogen-bond donors (Lipinski definition) is 0. The number of aliphatic imine (C=N–C) groups is 1. The largest absolute Gasteiger partial charge is 0.291 e. The third kappa shape index (κ3) is 2.51. The van der Waals surface area contributed by atoms with Gasteiger partial charge in [-0.05, 0) is 75.5 Å². The lowest BCUT2D eigenvalue weighted by molar-refractivity contribution is 0.0930. The Bertz CT molecular complexity index is 321. The van der Waals surface area contributed by atoms with Gasteiger partial charge in [0.05, 0.1) is 5.54 Å². The number of nitrogens with zero attached hydrogens (tertiary/aromatic N) is 1. The van der Waals surface area contributed by atoms with E-state index in [4.69, 9.17) is 4.99 Å². The van der Waals surface area contributed by atoms with Crippen molar-refractivity contribution in [1.82, 2.24) is 0 Å². The molecule has 0 aromatic carbocycles. The first-order chi connectivity index (χ1) is 8.25. The minimum absolute atomic E-state index is 0.0786. The maximum Gasteiger partial charge on any atom is 0.0520 e. The van der Waals surface area contributed by atoms with Crippen LogP contribution in [0.2, 0.25) is 0 Å². The minimum Gasteiger partial charge on any atom is -0.291 e. The minimum atomic E-state index is 0.0786. The van der Waals surface area contributed by atoms with E-state index in [0.717, 1.165) is 17.8 Å². The van der Waals surface area contributed by atoms with E-state index in [1.54, 1.807) is 0 Å². The van der Waals surface area contributed by atoms with Gasteiger partial charge in [0.1, 0.15) is 0 Å². The maximum absolute atomic E-state index is 4.80. The van der Waals surface area contributed by atoms with E-state index in [2.05, 4.69) is 47.8 Å². The van der Waals surface area contributed by atoms with Gasteiger partial charge < -0.3 is 0 Å². The van der Waals surface area contributed by atoms with Gasteiger partial charge in [0.2, 0.25) is 0 Å². The van der Waals surface area contributed by atoms with E-state index in [9.17, 15) is 0 Å². The molecule has 2 bridgehead atoms. The van der Waals surface area contributed by atoms with Crippen LogP contribution in [0, 0.1) is 29.1 Å². The molecule has 0 aromatic rings. The average molecular weight is 249 g/mol. The normalized spacial score (nSPS) is 36.4. The first-order valence-corrected chi connectivity index (χ1v) is 7.81. The van der Waals surface area contributed by atoms with Crippen molar-refractivity contribution < 1.29 is 0 Å². The quantitative estimate of drug-likeness (QED) is 0.627. The molecule has 2 aliphatic rings. The third-order valence-electron chi connectivity index (χ3n) is 5.48. The molecule has 0 aliphatic heterocycles. The molecule has 0 amide bonds. The van der Waals surface area contributed by atoms with Gasteiger partial charge in [0, 0.05) is 6.21 Å². The standard InChI is InChI=1S/C17H31N/c1-7-12(11-18-16(2,3)4)15-13-8-9-14(10-13)17(15,5)6/h11-15H,7-10H2,1-6H3/t12-,13-,14+,15+/m1/s1. The van der Waals surface area contributed by atoms with Crippen molar-refractivity contribution in [2.45, 2.75) is 72.8 Å². The summed E-state index contributed by atoms with van der Waals surface area (Å²) in [6.45, 7) is 13.9. The fraction of sp³-hybridized carbons (Fsp3) is 0.941. The zero-order chi connectivity index (χ0) is 13.6. The Labute approximate surface area is 113 Å². The highest BCUT2D eigenvalue weighted by Crippen LogP contribution is 2.61. The first kappa shape index (κ1) is 14.1. The lowest BCUT2D eigenvalue weighted by Gasteiger charge is -2.41. The van der Waals surface area contributed by atoms with Crippen LogP contribution in [0.25, 0.3) is 0 Å². The molecule has 0 radical (unpaired) electrons. The molecule has 0 aromatic heterocycles. The van der Waals surface area contributed by atoms with E-state index in [0.29, 0.717) is 11.3 Å². The summed E-state index contributed by atoms with van der Waals surface area (Å²) >= 11 is 0. The van der Waals surface area contributed by atoms with Crippen molar-refractivity contribution in [2.75, 3.05) is 0 Å². The highest BCUT2D eigenvalue weighted by atomic mass is 14.8. The van der Waals surface area contributed by atoms with E-state index >= 15 is 0 Å². The van der Waals surface area contributed by atoms with Gasteiger partial charge in [-0.2, -0.15) is 0 Å². The monoisotopic (exact) mass is 249 g/mol. The SMILES string of the molecule is CC[C@H](C=NC(C)(C)C)[C@H]1[C@@H]2CC[C@@H](C2)C1(C)C. The summed E-state index contributed by atoms with van der Waals surface area (Å²) in [6, 6.07) is 0. The summed E-state index contributed by atoms with van der Waals surface area (Å²) in [5, 5.41) is 0. The van der Waals surface area contributed by atoms with Crippen molar-refractivity contribution in [3.8, 4) is 0 Å². The summed E-state index contributed by atoms with van der Waals surface area (Å²) in [5.41, 5.74) is 0.614. The first-order valence-electron chi connectivity index (χ1n) is 7.81. The Morgan fingerprint density at radius 3 is 2.39 bits per heavy atom. The molecular weight excluding hydrogens is 218 g/mol. The summed E-state index contributed by atoms with van der Waals surface area (Å²) in [7, 11) is 0. The highest BCUT2D eigenvalue weighted by molar-refractivity contribution is 5.62. The lowest BCUT2D eigenvalue weighted by Crippen LogP contribution is -2.36. The zero-order valence-corrected chi connectivity index (χ0v) is 13.2. The van der Waals surface area contributed by atoms with Gasteiger partial charge >= 0.3 is 0 Å². The number of fused-ring (bicyclic) bond motifs is 2. The van der Waals surface area contributed by atoms with E-state index < -0.39 is 0 Å². The molecule has 2 aliphatic carbocycles. The van der Waals surface area contributed by atoms with E-state index in [1.165, 1.54) is 25.7 Å². The van der Waals surface area contributed by atoms with Gasteiger partial charge in [0.25, 0.3) is 0 Å². The van der Waals surface area contributed by atoms with E-state index in [1.807, 2.05) is 0 Å². The second kappa shape index (κ2) is 4.65. The summed E-state index contributed by atoms with van der Waals surface area (Å²) in [4.78, 5) is 4.80. The summed E-state index contributed by atoms with van der Waals surface area (Å²) in [5.74, 6) is 3.51. The molecule has 2 saturated carbocycles. The number of rotatable bonds is 3. The average Bonchev–Trinajstić information content (AvgIpc) is 2.78. The molecule has 0 saturated heterocycles. The van der Waals surface area contributed by atoms with E-state index in [-0.39, 0.29) is 5.54 Å². The molecule has 4 atom stereocenters. The highest BCUT2D eigenvalue weighted by Gasteiger charge is 2.54. The van der Waals surface area contributed by atoms with Gasteiger partial charge in [-0.15, -0.1) is 0 Å². The van der Waals surface area contributed by atoms with Gasteiger partial charge in [-0.25, -0.2) is 0 Å². The van der Waals surface area contributed by atoms with Crippen molar-refractivity contribution in [2.24, 2.45) is 34.1 Å². The van der Waals surface area contributed by atoms with Gasteiger partial charge in [-0.3, -0.25) is 4.99 Å². The van der Waals surface area contributed by atoms with Crippen LogP contribution in [0.1, 0.15) is 67.2 Å². The van der Waals surface area contributed by atoms with Crippen LogP contribution in [0.5, 0.6) is 0 Å². The molecular formula is C17H31N. The predicted molar refractivity (Wildman–Crippen MR) is 80.1 cm³/mol. The van der Waals surface area contributed by atoms with Crippen molar-refractivity contribution in [1.29, 1.82) is 0 Å². The van der Waals surface area contributed by atoms with Crippen molar-refractivity contribution in [3.05, 3.63) is 0 Å². The molecule has 2 rings (SSSR count). The topological polar surface area (TPSA) is 12.4 Å². The molecule has 2 fully saturated rings. The molecule has 0 N–H and O–H groups in total. The summed E-state index contributed by atoms with van der Waals surface area (Å²) in [6.07, 6.45) is 7.97. The fourth-order valence-corrected chi connectivity index (χ4v) is 4.57. The van der Waals surface area contributed by atoms with Crippen LogP contribution in [0.3, 0.4) is 0 Å². The van der Waals surface area contributed by atoms with Crippen LogP contribution >= 0.6 is 0 Å². The Balaban J connectivity index is 2.16. The van der Waals surface area contributed by atoms with Crippen molar-refractivity contribution in [3.63, 3.8) is 0 Å². The second-order valence-corrected chi connectivity index (χ2v) is 8.14. The fourth-order valence-electron chi connectivity index (χ4n) is 4.57. The van der Waals surface area contributed by atoms with Crippen LogP contribution in [0.4, 0.5) is 0 Å². The number of hydrogen-bond acceptors (Lipinski definition) is 1. The maximum atomic E-state index is 4.80.